The van der Waals surface area contributed by atoms with Crippen LogP contribution in [0.15, 0.2) is 103 Å². The predicted molar refractivity (Wildman–Crippen MR) is 208 cm³/mol. The number of rotatable bonds is 16. The van der Waals surface area contributed by atoms with E-state index in [4.69, 9.17) is 13.6 Å². The van der Waals surface area contributed by atoms with Crippen molar-refractivity contribution in [2.75, 3.05) is 36.8 Å². The van der Waals surface area contributed by atoms with Crippen LogP contribution >= 0.6 is 0 Å². The van der Waals surface area contributed by atoms with E-state index in [0.29, 0.717) is 67.0 Å². The Bertz CT molecular complexity index is 2540. The molecule has 288 valence electrons. The first-order valence-corrected chi connectivity index (χ1v) is 20.0. The summed E-state index contributed by atoms with van der Waals surface area (Å²) in [5.74, 6) is 0.621. The molecule has 55 heavy (non-hydrogen) atoms. The quantitative estimate of drug-likeness (QED) is 0.0775. The number of aliphatic hydroxyl groups excluding tert-OH is 2. The summed E-state index contributed by atoms with van der Waals surface area (Å²) in [6, 6.07) is 23.0. The zero-order valence-corrected chi connectivity index (χ0v) is 31.3. The molecule has 0 radical (unpaired) electrons. The fourth-order valence-electron chi connectivity index (χ4n) is 6.29. The third-order valence-electron chi connectivity index (χ3n) is 8.80. The summed E-state index contributed by atoms with van der Waals surface area (Å²) in [6.45, 7) is -0.475. The third kappa shape index (κ3) is 9.22. The first-order valence-electron chi connectivity index (χ1n) is 17.0. The van der Waals surface area contributed by atoms with E-state index in [2.05, 4.69) is 18.9 Å². The molecule has 17 heteroatoms. The van der Waals surface area contributed by atoms with Crippen molar-refractivity contribution < 1.29 is 40.6 Å². The van der Waals surface area contributed by atoms with Crippen LogP contribution in [0.2, 0.25) is 0 Å². The van der Waals surface area contributed by atoms with Crippen molar-refractivity contribution in [3.63, 3.8) is 0 Å². The number of nitrogens with one attached hydrogen (secondary N) is 4. The average Bonchev–Trinajstić information content (AvgIpc) is 3.14. The molecule has 6 rings (SSSR count). The number of aliphatic hydroxyl groups is 2. The maximum absolute atomic E-state index is 13.4. The molecule has 0 fully saturated rings. The van der Waals surface area contributed by atoms with Gasteiger partial charge in [-0.15, -0.1) is 0 Å². The van der Waals surface area contributed by atoms with Crippen LogP contribution in [0.1, 0.15) is 33.4 Å². The van der Waals surface area contributed by atoms with Gasteiger partial charge in [-0.25, -0.2) is 19.0 Å². The molecule has 6 aromatic rings. The van der Waals surface area contributed by atoms with Crippen molar-refractivity contribution in [1.82, 2.24) is 9.44 Å². The Hall–Kier alpha value is -5.56. The van der Waals surface area contributed by atoms with Crippen molar-refractivity contribution in [3.8, 4) is 11.5 Å². The maximum Gasteiger partial charge on any atom is 0.340 e. The van der Waals surface area contributed by atoms with Crippen molar-refractivity contribution in [1.29, 1.82) is 0 Å². The van der Waals surface area contributed by atoms with Gasteiger partial charge in [-0.1, -0.05) is 24.3 Å². The monoisotopic (exact) mass is 790 g/mol. The molecule has 0 saturated carbocycles. The van der Waals surface area contributed by atoms with E-state index in [1.54, 1.807) is 84.9 Å². The van der Waals surface area contributed by atoms with Crippen LogP contribution in [0, 0.1) is 0 Å². The topological polar surface area (TPSA) is 227 Å². The van der Waals surface area contributed by atoms with Gasteiger partial charge < -0.3 is 23.8 Å². The SMILES string of the molecule is CNS(=O)(=O)Nc1cccc(Cc2c(CCO)c3ccc(Oc4ccc5c(CCO)c(Cc6cccc(NS(=O)(=O)NC)c6)c(=O)oc5c4)cc3oc2=O)c1. The fraction of sp³-hybridized carbons (Fsp3) is 0.211. The number of anilines is 2. The number of fused-ring (bicyclic) bond motifs is 2. The summed E-state index contributed by atoms with van der Waals surface area (Å²) in [6.07, 6.45) is 0.556. The summed E-state index contributed by atoms with van der Waals surface area (Å²) < 4.78 is 74.6. The molecule has 0 aliphatic rings. The lowest BCUT2D eigenvalue weighted by Crippen LogP contribution is -2.26. The van der Waals surface area contributed by atoms with Gasteiger partial charge in [-0.2, -0.15) is 16.8 Å². The molecule has 0 unspecified atom stereocenters. The Morgan fingerprint density at radius 2 is 1.00 bits per heavy atom. The normalized spacial score (nSPS) is 11.9. The van der Waals surface area contributed by atoms with Gasteiger partial charge in [0, 0.05) is 74.2 Å². The van der Waals surface area contributed by atoms with Crippen LogP contribution in [-0.2, 0) is 46.1 Å². The van der Waals surface area contributed by atoms with Gasteiger partial charge in [-0.3, -0.25) is 9.44 Å². The van der Waals surface area contributed by atoms with E-state index >= 15 is 0 Å². The van der Waals surface area contributed by atoms with Crippen LogP contribution < -0.4 is 34.9 Å². The zero-order valence-electron chi connectivity index (χ0n) is 29.7. The predicted octanol–water partition coefficient (Wildman–Crippen LogP) is 3.70. The van der Waals surface area contributed by atoms with Gasteiger partial charge in [0.05, 0.1) is 11.4 Å². The molecular formula is C38H38N4O11S2. The molecule has 0 atom stereocenters. The van der Waals surface area contributed by atoms with E-state index in [1.807, 2.05) is 0 Å². The van der Waals surface area contributed by atoms with Crippen molar-refractivity contribution in [2.45, 2.75) is 25.7 Å². The van der Waals surface area contributed by atoms with Crippen molar-refractivity contribution in [3.05, 3.63) is 139 Å². The molecule has 0 aliphatic carbocycles. The van der Waals surface area contributed by atoms with E-state index < -0.39 is 31.7 Å². The van der Waals surface area contributed by atoms with E-state index in [9.17, 15) is 36.6 Å². The van der Waals surface area contributed by atoms with Crippen LogP contribution in [-0.4, -0.2) is 54.4 Å². The molecule has 0 amide bonds. The molecule has 15 nitrogen and oxygen atoms in total. The largest absolute Gasteiger partial charge is 0.457 e. The lowest BCUT2D eigenvalue weighted by molar-refractivity contribution is 0.299. The number of hydrogen-bond acceptors (Lipinski definition) is 11. The van der Waals surface area contributed by atoms with Gasteiger partial charge >= 0.3 is 11.3 Å². The molecule has 2 heterocycles. The Labute approximate surface area is 316 Å². The minimum atomic E-state index is -3.75. The van der Waals surface area contributed by atoms with Gasteiger partial charge in [0.15, 0.2) is 0 Å². The first kappa shape index (κ1) is 39.1. The highest BCUT2D eigenvalue weighted by Gasteiger charge is 2.19. The Morgan fingerprint density at radius 3 is 1.38 bits per heavy atom. The Morgan fingerprint density at radius 1 is 0.582 bits per heavy atom. The van der Waals surface area contributed by atoms with E-state index in [1.165, 1.54) is 14.1 Å². The van der Waals surface area contributed by atoms with Crippen LogP contribution in [0.4, 0.5) is 11.4 Å². The summed E-state index contributed by atoms with van der Waals surface area (Å²) in [5.41, 5.74) is 2.87. The van der Waals surface area contributed by atoms with Crippen LogP contribution in [0.3, 0.4) is 0 Å². The fourth-order valence-corrected chi connectivity index (χ4v) is 7.37. The second-order valence-electron chi connectivity index (χ2n) is 12.4. The highest BCUT2D eigenvalue weighted by Crippen LogP contribution is 2.32. The summed E-state index contributed by atoms with van der Waals surface area (Å²) in [7, 11) is -4.94. The smallest absolute Gasteiger partial charge is 0.340 e. The molecule has 4 aromatic carbocycles. The molecular weight excluding hydrogens is 753 g/mol. The Balaban J connectivity index is 1.28. The number of hydrogen-bond donors (Lipinski definition) is 6. The molecule has 0 bridgehead atoms. The molecule has 0 spiro atoms. The minimum Gasteiger partial charge on any atom is -0.457 e. The van der Waals surface area contributed by atoms with Crippen molar-refractivity contribution >= 4 is 53.7 Å². The van der Waals surface area contributed by atoms with Gasteiger partial charge in [0.25, 0.3) is 20.4 Å². The van der Waals surface area contributed by atoms with Crippen LogP contribution in [0.25, 0.3) is 21.9 Å². The van der Waals surface area contributed by atoms with Gasteiger partial charge in [-0.05, 0) is 83.6 Å². The maximum atomic E-state index is 13.4. The molecule has 0 saturated heterocycles. The minimum absolute atomic E-state index is 0.119. The Kier molecular flexibility index (Phi) is 11.7. The third-order valence-corrected chi connectivity index (χ3v) is 10.9. The molecule has 6 N–H and O–H groups in total. The molecule has 0 aliphatic heterocycles. The summed E-state index contributed by atoms with van der Waals surface area (Å²) in [5, 5.41) is 21.0. The summed E-state index contributed by atoms with van der Waals surface area (Å²) >= 11 is 0. The average molecular weight is 791 g/mol. The van der Waals surface area contributed by atoms with E-state index in [0.717, 1.165) is 0 Å². The summed E-state index contributed by atoms with van der Waals surface area (Å²) in [4.78, 5) is 26.7. The number of benzene rings is 4. The van der Waals surface area contributed by atoms with Crippen LogP contribution in [0.5, 0.6) is 11.5 Å². The second-order valence-corrected chi connectivity index (χ2v) is 15.7. The van der Waals surface area contributed by atoms with Crippen molar-refractivity contribution in [2.24, 2.45) is 0 Å². The van der Waals surface area contributed by atoms with Gasteiger partial charge in [0.2, 0.25) is 0 Å². The lowest BCUT2D eigenvalue weighted by Gasteiger charge is -2.14. The first-order chi connectivity index (χ1) is 26.3. The highest BCUT2D eigenvalue weighted by molar-refractivity contribution is 7.91. The second kappa shape index (κ2) is 16.4. The zero-order chi connectivity index (χ0) is 39.3. The lowest BCUT2D eigenvalue weighted by atomic mass is 9.96. The van der Waals surface area contributed by atoms with E-state index in [-0.39, 0.29) is 50.1 Å². The number of ether oxygens (including phenoxy) is 1. The van der Waals surface area contributed by atoms with Gasteiger partial charge in [0.1, 0.15) is 22.7 Å². The standard InChI is InChI=1S/C38H38N4O11S2/c1-39-54(47,48)41-25-7-3-5-23(17-25)19-33-29(13-15-43)31-11-9-27(21-35(31)52-37(33)45)51-28-10-12-32-30(14-16-44)34(38(46)53-36(32)22-28)20-24-6-4-8-26(18-24)42-55(49,50)40-2/h3-12,17-18,21-22,39-44H,13-16,19-20H2,1-2H3. The molecule has 2 aromatic heterocycles. The highest BCUT2D eigenvalue weighted by atomic mass is 32.2.